The molecular weight excluding hydrogens is 235 g/mol. The van der Waals surface area contributed by atoms with Crippen LogP contribution in [0.2, 0.25) is 0 Å². The lowest BCUT2D eigenvalue weighted by atomic mass is 10.2. The van der Waals surface area contributed by atoms with Crippen molar-refractivity contribution >= 4 is 28.9 Å². The molecule has 0 aromatic carbocycles. The summed E-state index contributed by atoms with van der Waals surface area (Å²) >= 11 is 6.48. The predicted octanol–water partition coefficient (Wildman–Crippen LogP) is 3.94. The van der Waals surface area contributed by atoms with Gasteiger partial charge in [0.2, 0.25) is 5.69 Å². The van der Waals surface area contributed by atoms with Gasteiger partial charge in [-0.15, -0.1) is 0 Å². The fraction of sp³-hybridized carbons (Fsp3) is 1.00. The molecule has 0 aromatic rings. The molecule has 0 bridgehead atoms. The minimum absolute atomic E-state index is 0.0108. The van der Waals surface area contributed by atoms with Crippen LogP contribution in [0.25, 0.3) is 0 Å². The van der Waals surface area contributed by atoms with E-state index in [1.807, 2.05) is 13.8 Å². The smallest absolute Gasteiger partial charge is 0.245 e. The molecule has 2 nitrogen and oxygen atoms in total. The van der Waals surface area contributed by atoms with Gasteiger partial charge >= 0.3 is 0 Å². The van der Waals surface area contributed by atoms with Crippen molar-refractivity contribution in [1.82, 2.24) is 0 Å². The van der Waals surface area contributed by atoms with Gasteiger partial charge in [0.25, 0.3) is 0 Å². The zero-order chi connectivity index (χ0) is 11.2. The van der Waals surface area contributed by atoms with E-state index in [4.69, 9.17) is 16.3 Å². The van der Waals surface area contributed by atoms with Crippen LogP contribution in [-0.2, 0) is 16.3 Å². The minimum Gasteiger partial charge on any atom is -0.337 e. The monoisotopic (exact) mass is 256 g/mol. The standard InChI is InChI=1S/C9H21O2PS2/c1-5-6-7-9(4)14-12(10,13)11-8(2)3/h8-9H,5-7H2,1-4H3,(H,10,13). The summed E-state index contributed by atoms with van der Waals surface area (Å²) in [5, 5.41) is 0.393. The van der Waals surface area contributed by atoms with Gasteiger partial charge in [0.1, 0.15) is 0 Å². The van der Waals surface area contributed by atoms with Crippen LogP contribution < -0.4 is 0 Å². The van der Waals surface area contributed by atoms with Gasteiger partial charge in [-0.3, -0.25) is 0 Å². The van der Waals surface area contributed by atoms with E-state index in [0.29, 0.717) is 5.25 Å². The summed E-state index contributed by atoms with van der Waals surface area (Å²) in [6.07, 6.45) is 3.48. The van der Waals surface area contributed by atoms with Gasteiger partial charge in [0, 0.05) is 5.25 Å². The molecule has 0 fully saturated rings. The second kappa shape index (κ2) is 7.24. The van der Waals surface area contributed by atoms with Crippen LogP contribution in [0, 0.1) is 0 Å². The molecule has 86 valence electrons. The van der Waals surface area contributed by atoms with E-state index in [1.165, 1.54) is 24.2 Å². The summed E-state index contributed by atoms with van der Waals surface area (Å²) in [5.41, 5.74) is -2.59. The largest absolute Gasteiger partial charge is 0.337 e. The highest BCUT2D eigenvalue weighted by molar-refractivity contribution is 8.67. The van der Waals surface area contributed by atoms with Crippen molar-refractivity contribution in [1.29, 1.82) is 0 Å². The molecule has 14 heavy (non-hydrogen) atoms. The van der Waals surface area contributed by atoms with Gasteiger partial charge in [0.15, 0.2) is 0 Å². The second-order valence-corrected chi connectivity index (χ2v) is 10.1. The molecule has 0 heterocycles. The molecule has 0 radical (unpaired) electrons. The molecule has 0 amide bonds. The SMILES string of the molecule is CCCCC(C)SP(O)(=S)OC(C)C. The predicted molar refractivity (Wildman–Crippen MR) is 69.3 cm³/mol. The third kappa shape index (κ3) is 8.25. The number of rotatable bonds is 7. The number of unbranched alkanes of at least 4 members (excludes halogenated alkanes) is 1. The molecule has 0 saturated heterocycles. The second-order valence-electron chi connectivity index (χ2n) is 3.68. The highest BCUT2D eigenvalue weighted by Crippen LogP contribution is 2.59. The summed E-state index contributed by atoms with van der Waals surface area (Å²) in [4.78, 5) is 9.82. The molecule has 0 saturated carbocycles. The van der Waals surface area contributed by atoms with E-state index in [1.54, 1.807) is 0 Å². The Morgan fingerprint density at radius 1 is 1.43 bits per heavy atom. The minimum atomic E-state index is -2.59. The Hall–Kier alpha value is 0.920. The van der Waals surface area contributed by atoms with Crippen molar-refractivity contribution in [3.63, 3.8) is 0 Å². The topological polar surface area (TPSA) is 29.5 Å². The van der Waals surface area contributed by atoms with Crippen LogP contribution in [-0.4, -0.2) is 16.2 Å². The van der Waals surface area contributed by atoms with Gasteiger partial charge < -0.3 is 9.42 Å². The lowest BCUT2D eigenvalue weighted by Gasteiger charge is -2.21. The van der Waals surface area contributed by atoms with Crippen LogP contribution in [0.3, 0.4) is 0 Å². The maximum atomic E-state index is 9.82. The molecule has 2 atom stereocenters. The molecule has 0 aliphatic carbocycles. The maximum absolute atomic E-state index is 9.82. The Bertz CT molecular complexity index is 197. The molecule has 0 aliphatic rings. The van der Waals surface area contributed by atoms with Gasteiger partial charge in [-0.2, -0.15) is 0 Å². The fourth-order valence-electron chi connectivity index (χ4n) is 1.06. The Morgan fingerprint density at radius 2 is 2.00 bits per heavy atom. The summed E-state index contributed by atoms with van der Waals surface area (Å²) in [6.45, 7) is 8.06. The third-order valence-electron chi connectivity index (χ3n) is 1.62. The van der Waals surface area contributed by atoms with Crippen molar-refractivity contribution in [3.8, 4) is 0 Å². The Kier molecular flexibility index (Phi) is 7.71. The van der Waals surface area contributed by atoms with Crippen LogP contribution in [0.4, 0.5) is 0 Å². The molecule has 0 aliphatic heterocycles. The summed E-state index contributed by atoms with van der Waals surface area (Å²) < 4.78 is 5.33. The first-order chi connectivity index (χ1) is 6.37. The fourth-order valence-corrected chi connectivity index (χ4v) is 6.56. The Balaban J connectivity index is 3.89. The zero-order valence-corrected chi connectivity index (χ0v) is 11.9. The van der Waals surface area contributed by atoms with Crippen LogP contribution in [0.15, 0.2) is 0 Å². The number of hydrogen-bond donors (Lipinski definition) is 1. The maximum Gasteiger partial charge on any atom is 0.245 e. The van der Waals surface area contributed by atoms with E-state index < -0.39 is 5.69 Å². The molecule has 2 unspecified atom stereocenters. The van der Waals surface area contributed by atoms with Crippen molar-refractivity contribution in [2.45, 2.75) is 58.3 Å². The molecule has 0 rings (SSSR count). The Morgan fingerprint density at radius 3 is 2.43 bits per heavy atom. The lowest BCUT2D eigenvalue weighted by Crippen LogP contribution is -2.01. The van der Waals surface area contributed by atoms with Crippen molar-refractivity contribution in [3.05, 3.63) is 0 Å². The van der Waals surface area contributed by atoms with E-state index in [9.17, 15) is 4.89 Å². The highest BCUT2D eigenvalue weighted by atomic mass is 32.9. The van der Waals surface area contributed by atoms with Crippen molar-refractivity contribution in [2.75, 3.05) is 0 Å². The quantitative estimate of drug-likeness (QED) is 0.699. The highest BCUT2D eigenvalue weighted by Gasteiger charge is 2.20. The normalized spacial score (nSPS) is 18.1. The average Bonchev–Trinajstić information content (AvgIpc) is 1.96. The van der Waals surface area contributed by atoms with Crippen LogP contribution in [0.1, 0.15) is 47.0 Å². The molecule has 1 N–H and O–H groups in total. The lowest BCUT2D eigenvalue weighted by molar-refractivity contribution is 0.248. The van der Waals surface area contributed by atoms with Gasteiger partial charge in [0.05, 0.1) is 6.10 Å². The summed E-state index contributed by atoms with van der Waals surface area (Å²) in [6, 6.07) is 0. The van der Waals surface area contributed by atoms with Crippen LogP contribution in [0.5, 0.6) is 0 Å². The first-order valence-corrected chi connectivity index (χ1v) is 9.22. The van der Waals surface area contributed by atoms with Crippen molar-refractivity contribution < 1.29 is 9.42 Å². The molecular formula is C9H21O2PS2. The van der Waals surface area contributed by atoms with E-state index in [2.05, 4.69) is 13.8 Å². The Labute approximate surface area is 96.7 Å². The van der Waals surface area contributed by atoms with Crippen LogP contribution >= 0.6 is 17.1 Å². The van der Waals surface area contributed by atoms with E-state index in [0.717, 1.165) is 6.42 Å². The molecule has 0 spiro atoms. The molecule has 5 heteroatoms. The van der Waals surface area contributed by atoms with Gasteiger partial charge in [-0.05, 0) is 32.1 Å². The summed E-state index contributed by atoms with van der Waals surface area (Å²) in [5.74, 6) is 0. The average molecular weight is 256 g/mol. The number of hydrogen-bond acceptors (Lipinski definition) is 3. The third-order valence-corrected chi connectivity index (χ3v) is 6.34. The summed E-state index contributed by atoms with van der Waals surface area (Å²) in [7, 11) is 0. The van der Waals surface area contributed by atoms with E-state index in [-0.39, 0.29) is 6.10 Å². The van der Waals surface area contributed by atoms with Gasteiger partial charge in [-0.25, -0.2) is 0 Å². The van der Waals surface area contributed by atoms with E-state index >= 15 is 0 Å². The first-order valence-electron chi connectivity index (χ1n) is 5.07. The molecule has 0 aromatic heterocycles. The zero-order valence-electron chi connectivity index (χ0n) is 9.40. The van der Waals surface area contributed by atoms with Gasteiger partial charge in [-0.1, -0.05) is 38.1 Å². The first kappa shape index (κ1) is 14.9. The van der Waals surface area contributed by atoms with Crippen molar-refractivity contribution in [2.24, 2.45) is 0 Å².